The number of carbonyl (C=O) groups is 1. The number of halogens is 3. The Balaban J connectivity index is 1.37. The molecule has 1 amide bonds. The number of hydrogen-bond acceptors (Lipinski definition) is 4. The second kappa shape index (κ2) is 9.84. The zero-order valence-corrected chi connectivity index (χ0v) is 20.7. The van der Waals surface area contributed by atoms with E-state index < -0.39 is 11.7 Å². The van der Waals surface area contributed by atoms with Gasteiger partial charge in [-0.15, -0.1) is 0 Å². The number of aromatic nitrogens is 2. The third kappa shape index (κ3) is 5.14. The van der Waals surface area contributed by atoms with Crippen molar-refractivity contribution in [3.05, 3.63) is 101 Å². The molecule has 0 saturated carbocycles. The highest BCUT2D eigenvalue weighted by Crippen LogP contribution is 2.31. The maximum absolute atomic E-state index is 13.4. The van der Waals surface area contributed by atoms with Crippen LogP contribution < -0.4 is 4.90 Å². The number of aryl methyl sites for hydroxylation is 2. The van der Waals surface area contributed by atoms with Crippen LogP contribution >= 0.6 is 0 Å². The normalized spacial score (nSPS) is 14.3. The molecule has 5 rings (SSSR count). The second-order valence-electron chi connectivity index (χ2n) is 9.34. The number of amides is 1. The van der Waals surface area contributed by atoms with E-state index in [9.17, 15) is 18.0 Å². The highest BCUT2D eigenvalue weighted by atomic mass is 19.4. The monoisotopic (exact) mass is 504 g/mol. The first-order valence-corrected chi connectivity index (χ1v) is 12.2. The first-order valence-electron chi connectivity index (χ1n) is 12.2. The number of rotatable bonds is 4. The van der Waals surface area contributed by atoms with Crippen LogP contribution in [0.5, 0.6) is 0 Å². The Kier molecular flexibility index (Phi) is 6.58. The minimum Gasteiger partial charge on any atom is -0.353 e. The minimum absolute atomic E-state index is 0.00399. The molecule has 0 radical (unpaired) electrons. The SMILES string of the molecule is Cc1nc(C)c(Cc2cccc(C(F)(F)F)c2)c(N2CCN(C(=O)c3cccc4ccccc34)CC2)n1. The van der Waals surface area contributed by atoms with Gasteiger partial charge in [-0.3, -0.25) is 4.79 Å². The van der Waals surface area contributed by atoms with E-state index in [1.165, 1.54) is 12.1 Å². The van der Waals surface area contributed by atoms with Crippen molar-refractivity contribution in [2.24, 2.45) is 0 Å². The lowest BCUT2D eigenvalue weighted by molar-refractivity contribution is -0.137. The highest BCUT2D eigenvalue weighted by Gasteiger charge is 2.31. The van der Waals surface area contributed by atoms with E-state index in [0.717, 1.165) is 33.9 Å². The summed E-state index contributed by atoms with van der Waals surface area (Å²) in [5.74, 6) is 1.32. The average Bonchev–Trinajstić information content (AvgIpc) is 2.89. The number of benzene rings is 3. The lowest BCUT2D eigenvalue weighted by Crippen LogP contribution is -2.49. The van der Waals surface area contributed by atoms with Crippen LogP contribution in [0.15, 0.2) is 66.7 Å². The molecule has 1 aliphatic heterocycles. The molecule has 190 valence electrons. The Hall–Kier alpha value is -3.94. The summed E-state index contributed by atoms with van der Waals surface area (Å²) in [5.41, 5.74) is 2.12. The van der Waals surface area contributed by atoms with E-state index in [-0.39, 0.29) is 5.91 Å². The number of anilines is 1. The first kappa shape index (κ1) is 24.7. The van der Waals surface area contributed by atoms with Crippen molar-refractivity contribution in [2.75, 3.05) is 31.1 Å². The smallest absolute Gasteiger partial charge is 0.353 e. The standard InChI is InChI=1S/C29H27F3N4O/c1-19-26(18-21-7-5-10-23(17-21)29(30,31)32)27(34-20(2)33-19)35-13-15-36(16-14-35)28(37)25-12-6-9-22-8-3-4-11-24(22)25/h3-12,17H,13-16,18H2,1-2H3. The lowest BCUT2D eigenvalue weighted by Gasteiger charge is -2.36. The second-order valence-corrected chi connectivity index (χ2v) is 9.34. The van der Waals surface area contributed by atoms with Gasteiger partial charge in [-0.2, -0.15) is 13.2 Å². The molecule has 1 aliphatic rings. The van der Waals surface area contributed by atoms with Crippen molar-refractivity contribution in [3.63, 3.8) is 0 Å². The van der Waals surface area contributed by atoms with Gasteiger partial charge in [-0.1, -0.05) is 54.6 Å². The third-order valence-electron chi connectivity index (χ3n) is 6.83. The number of hydrogen-bond donors (Lipinski definition) is 0. The van der Waals surface area contributed by atoms with E-state index in [4.69, 9.17) is 0 Å². The zero-order chi connectivity index (χ0) is 26.2. The van der Waals surface area contributed by atoms with Gasteiger partial charge in [-0.25, -0.2) is 9.97 Å². The summed E-state index contributed by atoms with van der Waals surface area (Å²) < 4.78 is 39.8. The quantitative estimate of drug-likeness (QED) is 0.352. The maximum atomic E-state index is 13.4. The fraction of sp³-hybridized carbons (Fsp3) is 0.276. The molecule has 1 saturated heterocycles. The van der Waals surface area contributed by atoms with Crippen LogP contribution in [0, 0.1) is 13.8 Å². The molecule has 5 nitrogen and oxygen atoms in total. The zero-order valence-electron chi connectivity index (χ0n) is 20.7. The molecule has 0 unspecified atom stereocenters. The van der Waals surface area contributed by atoms with Crippen LogP contribution in [0.1, 0.15) is 38.6 Å². The van der Waals surface area contributed by atoms with Crippen LogP contribution in [0.2, 0.25) is 0 Å². The number of alkyl halides is 3. The minimum atomic E-state index is -4.40. The van der Waals surface area contributed by atoms with E-state index >= 15 is 0 Å². The van der Waals surface area contributed by atoms with Gasteiger partial charge in [0.2, 0.25) is 0 Å². The van der Waals surface area contributed by atoms with Crippen LogP contribution in [-0.2, 0) is 12.6 Å². The molecule has 0 N–H and O–H groups in total. The van der Waals surface area contributed by atoms with Gasteiger partial charge >= 0.3 is 6.18 Å². The number of nitrogens with zero attached hydrogens (tertiary/aromatic N) is 4. The summed E-state index contributed by atoms with van der Waals surface area (Å²) in [7, 11) is 0. The van der Waals surface area contributed by atoms with Crippen molar-refractivity contribution in [2.45, 2.75) is 26.4 Å². The Bertz CT molecular complexity index is 1450. The number of piperazine rings is 1. The van der Waals surface area contributed by atoms with Crippen molar-refractivity contribution in [1.29, 1.82) is 0 Å². The van der Waals surface area contributed by atoms with Gasteiger partial charge in [0.05, 0.1) is 5.56 Å². The Morgan fingerprint density at radius 2 is 1.59 bits per heavy atom. The third-order valence-corrected chi connectivity index (χ3v) is 6.83. The predicted molar refractivity (Wildman–Crippen MR) is 138 cm³/mol. The molecule has 4 aromatic rings. The topological polar surface area (TPSA) is 49.3 Å². The van der Waals surface area contributed by atoms with Gasteiger partial charge in [0.1, 0.15) is 11.6 Å². The Labute approximate surface area is 213 Å². The molecule has 3 aromatic carbocycles. The van der Waals surface area contributed by atoms with Crippen molar-refractivity contribution in [3.8, 4) is 0 Å². The van der Waals surface area contributed by atoms with Gasteiger partial charge in [-0.05, 0) is 42.3 Å². The molecule has 1 aromatic heterocycles. The number of carbonyl (C=O) groups excluding carboxylic acids is 1. The molecule has 2 heterocycles. The molecule has 0 atom stereocenters. The summed E-state index contributed by atoms with van der Waals surface area (Å²) in [5, 5.41) is 1.96. The van der Waals surface area contributed by atoms with Gasteiger partial charge in [0.25, 0.3) is 5.91 Å². The van der Waals surface area contributed by atoms with Crippen molar-refractivity contribution >= 4 is 22.5 Å². The fourth-order valence-corrected chi connectivity index (χ4v) is 4.95. The molecule has 8 heteroatoms. The van der Waals surface area contributed by atoms with Crippen LogP contribution in [-0.4, -0.2) is 47.0 Å². The van der Waals surface area contributed by atoms with Crippen LogP contribution in [0.25, 0.3) is 10.8 Å². The van der Waals surface area contributed by atoms with Crippen LogP contribution in [0.4, 0.5) is 19.0 Å². The average molecular weight is 505 g/mol. The highest BCUT2D eigenvalue weighted by molar-refractivity contribution is 6.07. The van der Waals surface area contributed by atoms with E-state index in [0.29, 0.717) is 49.6 Å². The first-order chi connectivity index (χ1) is 17.7. The van der Waals surface area contributed by atoms with Crippen molar-refractivity contribution in [1.82, 2.24) is 14.9 Å². The van der Waals surface area contributed by atoms with E-state index in [1.54, 1.807) is 6.07 Å². The van der Waals surface area contributed by atoms with E-state index in [1.807, 2.05) is 61.2 Å². The summed E-state index contributed by atoms with van der Waals surface area (Å²) in [6.07, 6.45) is -4.11. The van der Waals surface area contributed by atoms with Gasteiger partial charge in [0, 0.05) is 49.4 Å². The van der Waals surface area contributed by atoms with E-state index in [2.05, 4.69) is 14.9 Å². The Morgan fingerprint density at radius 3 is 2.35 bits per heavy atom. The Morgan fingerprint density at radius 1 is 0.892 bits per heavy atom. The van der Waals surface area contributed by atoms with Gasteiger partial charge < -0.3 is 9.80 Å². The molecule has 1 fully saturated rings. The lowest BCUT2D eigenvalue weighted by atomic mass is 10.0. The predicted octanol–water partition coefficient (Wildman–Crippen LogP) is 5.82. The summed E-state index contributed by atoms with van der Waals surface area (Å²) >= 11 is 0. The molecule has 37 heavy (non-hydrogen) atoms. The number of fused-ring (bicyclic) bond motifs is 1. The molecule has 0 spiro atoms. The molecular formula is C29H27F3N4O. The van der Waals surface area contributed by atoms with Crippen molar-refractivity contribution < 1.29 is 18.0 Å². The van der Waals surface area contributed by atoms with Crippen LogP contribution in [0.3, 0.4) is 0 Å². The summed E-state index contributed by atoms with van der Waals surface area (Å²) in [4.78, 5) is 26.5. The fourth-order valence-electron chi connectivity index (χ4n) is 4.95. The summed E-state index contributed by atoms with van der Waals surface area (Å²) in [6, 6.07) is 19.0. The molecule has 0 bridgehead atoms. The largest absolute Gasteiger partial charge is 0.416 e. The molecular weight excluding hydrogens is 477 g/mol. The van der Waals surface area contributed by atoms with Gasteiger partial charge in [0.15, 0.2) is 0 Å². The maximum Gasteiger partial charge on any atom is 0.416 e. The molecule has 0 aliphatic carbocycles. The summed E-state index contributed by atoms with van der Waals surface area (Å²) in [6.45, 7) is 5.86.